The summed E-state index contributed by atoms with van der Waals surface area (Å²) in [6.07, 6.45) is 5.71. The molecule has 1 unspecified atom stereocenters. The van der Waals surface area contributed by atoms with Crippen molar-refractivity contribution in [3.8, 4) is 0 Å². The van der Waals surface area contributed by atoms with E-state index in [-0.39, 0.29) is 0 Å². The molecule has 3 rings (SSSR count). The summed E-state index contributed by atoms with van der Waals surface area (Å²) in [5.74, 6) is 0.784. The van der Waals surface area contributed by atoms with Crippen molar-refractivity contribution in [1.29, 1.82) is 0 Å². The molecule has 2 nitrogen and oxygen atoms in total. The average Bonchev–Trinajstić information content (AvgIpc) is 2.57. The summed E-state index contributed by atoms with van der Waals surface area (Å²) in [7, 11) is 0. The summed E-state index contributed by atoms with van der Waals surface area (Å²) < 4.78 is 3.40. The highest BCUT2D eigenvalue weighted by Crippen LogP contribution is 2.28. The minimum Gasteiger partial charge on any atom is -0.302 e. The van der Waals surface area contributed by atoms with Crippen LogP contribution in [0, 0.1) is 12.8 Å². The first-order chi connectivity index (χ1) is 7.65. The van der Waals surface area contributed by atoms with Crippen LogP contribution in [-0.2, 0) is 12.8 Å². The summed E-state index contributed by atoms with van der Waals surface area (Å²) in [4.78, 5) is 4.77. The van der Waals surface area contributed by atoms with Crippen LogP contribution in [0.1, 0.15) is 30.3 Å². The van der Waals surface area contributed by atoms with Gasteiger partial charge in [0.25, 0.3) is 0 Å². The Labute approximate surface area is 104 Å². The molecule has 2 heterocycles. The second-order valence-electron chi connectivity index (χ2n) is 4.89. The van der Waals surface area contributed by atoms with Crippen molar-refractivity contribution in [2.75, 3.05) is 0 Å². The number of hydrogen-bond acceptors (Lipinski definition) is 1. The van der Waals surface area contributed by atoms with Crippen LogP contribution in [0.25, 0.3) is 5.65 Å². The zero-order valence-corrected chi connectivity index (χ0v) is 11.2. The second-order valence-corrected chi connectivity index (χ2v) is 5.80. The van der Waals surface area contributed by atoms with Gasteiger partial charge < -0.3 is 4.40 Å². The molecule has 0 bridgehead atoms. The number of aromatic nitrogens is 2. The fourth-order valence-electron chi connectivity index (χ4n) is 2.59. The molecule has 2 aromatic heterocycles. The maximum atomic E-state index is 4.77. The van der Waals surface area contributed by atoms with Crippen molar-refractivity contribution in [2.24, 2.45) is 5.92 Å². The molecule has 1 atom stereocenters. The van der Waals surface area contributed by atoms with Crippen molar-refractivity contribution >= 4 is 21.6 Å². The van der Waals surface area contributed by atoms with Crippen molar-refractivity contribution in [2.45, 2.75) is 33.1 Å². The van der Waals surface area contributed by atoms with Gasteiger partial charge in [0.15, 0.2) is 0 Å². The number of nitrogens with zero attached hydrogens (tertiary/aromatic N) is 2. The number of fused-ring (bicyclic) bond motifs is 3. The second kappa shape index (κ2) is 3.59. The van der Waals surface area contributed by atoms with E-state index in [1.807, 2.05) is 0 Å². The minimum absolute atomic E-state index is 0.784. The van der Waals surface area contributed by atoms with Gasteiger partial charge in [0, 0.05) is 16.4 Å². The SMILES string of the molecule is Cc1cc(Br)cn2c3c(nc12)CCC(C)C3. The standard InChI is InChI=1S/C13H15BrN2/c1-8-3-4-11-12(5-8)16-7-10(14)6-9(2)13(16)15-11/h6-8H,3-5H2,1-2H3. The zero-order chi connectivity index (χ0) is 11.3. The van der Waals surface area contributed by atoms with Gasteiger partial charge in [-0.2, -0.15) is 0 Å². The van der Waals surface area contributed by atoms with E-state index in [1.165, 1.54) is 23.4 Å². The van der Waals surface area contributed by atoms with Crippen LogP contribution >= 0.6 is 15.9 Å². The first kappa shape index (κ1) is 10.3. The summed E-state index contributed by atoms with van der Waals surface area (Å²) in [5.41, 5.74) is 5.09. The number of halogens is 1. The van der Waals surface area contributed by atoms with Gasteiger partial charge in [-0.3, -0.25) is 0 Å². The third-order valence-electron chi connectivity index (χ3n) is 3.47. The largest absolute Gasteiger partial charge is 0.302 e. The van der Waals surface area contributed by atoms with Crippen LogP contribution in [0.2, 0.25) is 0 Å². The summed E-state index contributed by atoms with van der Waals surface area (Å²) in [6, 6.07) is 2.14. The van der Waals surface area contributed by atoms with Crippen molar-refractivity contribution in [3.63, 3.8) is 0 Å². The van der Waals surface area contributed by atoms with Crippen molar-refractivity contribution in [3.05, 3.63) is 33.7 Å². The Bertz CT molecular complexity index is 557. The molecule has 16 heavy (non-hydrogen) atoms. The molecule has 0 amide bonds. The van der Waals surface area contributed by atoms with E-state index in [9.17, 15) is 0 Å². The van der Waals surface area contributed by atoms with Crippen LogP contribution in [-0.4, -0.2) is 9.38 Å². The molecule has 1 aliphatic carbocycles. The van der Waals surface area contributed by atoms with Gasteiger partial charge in [0.1, 0.15) is 5.65 Å². The first-order valence-electron chi connectivity index (χ1n) is 5.81. The molecule has 0 saturated carbocycles. The predicted molar refractivity (Wildman–Crippen MR) is 68.8 cm³/mol. The quantitative estimate of drug-likeness (QED) is 0.721. The lowest BCUT2D eigenvalue weighted by molar-refractivity contribution is 0.488. The van der Waals surface area contributed by atoms with Gasteiger partial charge in [-0.05, 0) is 59.7 Å². The summed E-state index contributed by atoms with van der Waals surface area (Å²) in [5, 5.41) is 0. The number of aryl methyl sites for hydroxylation is 2. The van der Waals surface area contributed by atoms with E-state index in [0.29, 0.717) is 0 Å². The van der Waals surface area contributed by atoms with Crippen LogP contribution in [0.3, 0.4) is 0 Å². The molecule has 0 spiro atoms. The highest BCUT2D eigenvalue weighted by atomic mass is 79.9. The van der Waals surface area contributed by atoms with E-state index < -0.39 is 0 Å². The Morgan fingerprint density at radius 3 is 3.12 bits per heavy atom. The highest BCUT2D eigenvalue weighted by molar-refractivity contribution is 9.10. The van der Waals surface area contributed by atoms with Crippen LogP contribution in [0.15, 0.2) is 16.7 Å². The maximum Gasteiger partial charge on any atom is 0.140 e. The normalized spacial score (nSPS) is 20.1. The Kier molecular flexibility index (Phi) is 2.32. The van der Waals surface area contributed by atoms with Crippen molar-refractivity contribution in [1.82, 2.24) is 9.38 Å². The maximum absolute atomic E-state index is 4.77. The third-order valence-corrected chi connectivity index (χ3v) is 3.90. The van der Waals surface area contributed by atoms with E-state index in [4.69, 9.17) is 4.98 Å². The number of imidazole rings is 1. The molecule has 1 aliphatic rings. The fraction of sp³-hybridized carbons (Fsp3) is 0.462. The Morgan fingerprint density at radius 1 is 1.50 bits per heavy atom. The third kappa shape index (κ3) is 1.49. The summed E-state index contributed by atoms with van der Waals surface area (Å²) in [6.45, 7) is 4.45. The van der Waals surface area contributed by atoms with Gasteiger partial charge in [-0.1, -0.05) is 6.92 Å². The molecule has 0 radical (unpaired) electrons. The number of hydrogen-bond donors (Lipinski definition) is 0. The van der Waals surface area contributed by atoms with Crippen LogP contribution in [0.5, 0.6) is 0 Å². The highest BCUT2D eigenvalue weighted by Gasteiger charge is 2.21. The number of rotatable bonds is 0. The monoisotopic (exact) mass is 278 g/mol. The molecular formula is C13H15BrN2. The Morgan fingerprint density at radius 2 is 2.31 bits per heavy atom. The molecule has 3 heteroatoms. The minimum atomic E-state index is 0.784. The lowest BCUT2D eigenvalue weighted by Crippen LogP contribution is -2.12. The smallest absolute Gasteiger partial charge is 0.140 e. The van der Waals surface area contributed by atoms with Crippen LogP contribution < -0.4 is 0 Å². The van der Waals surface area contributed by atoms with E-state index in [1.54, 1.807) is 0 Å². The predicted octanol–water partition coefficient (Wildman–Crippen LogP) is 3.53. The molecule has 0 fully saturated rings. The summed E-state index contributed by atoms with van der Waals surface area (Å²) >= 11 is 3.56. The van der Waals surface area contributed by atoms with Gasteiger partial charge in [0.2, 0.25) is 0 Å². The van der Waals surface area contributed by atoms with E-state index in [2.05, 4.69) is 46.4 Å². The molecule has 0 N–H and O–H groups in total. The van der Waals surface area contributed by atoms with Gasteiger partial charge in [-0.15, -0.1) is 0 Å². The number of pyridine rings is 1. The molecule has 0 aliphatic heterocycles. The zero-order valence-electron chi connectivity index (χ0n) is 9.63. The Hall–Kier alpha value is -0.830. The average molecular weight is 279 g/mol. The molecule has 2 aromatic rings. The first-order valence-corrected chi connectivity index (χ1v) is 6.60. The molecule has 84 valence electrons. The van der Waals surface area contributed by atoms with Crippen molar-refractivity contribution < 1.29 is 0 Å². The van der Waals surface area contributed by atoms with E-state index >= 15 is 0 Å². The lowest BCUT2D eigenvalue weighted by atomic mass is 9.91. The fourth-order valence-corrected chi connectivity index (χ4v) is 3.14. The van der Waals surface area contributed by atoms with Gasteiger partial charge >= 0.3 is 0 Å². The van der Waals surface area contributed by atoms with E-state index in [0.717, 1.165) is 28.9 Å². The van der Waals surface area contributed by atoms with Gasteiger partial charge in [0.05, 0.1) is 5.69 Å². The molecule has 0 aromatic carbocycles. The van der Waals surface area contributed by atoms with Gasteiger partial charge in [-0.25, -0.2) is 4.98 Å². The van der Waals surface area contributed by atoms with Crippen LogP contribution in [0.4, 0.5) is 0 Å². The molecule has 0 saturated heterocycles. The topological polar surface area (TPSA) is 17.3 Å². The Balaban J connectivity index is 2.30. The lowest BCUT2D eigenvalue weighted by Gasteiger charge is -2.17. The molecular weight excluding hydrogens is 264 g/mol.